The number of carbonyl (C=O) groups excluding carboxylic acids is 1. The minimum Gasteiger partial charge on any atom is -0.464 e. The van der Waals surface area contributed by atoms with Gasteiger partial charge in [-0.05, 0) is 24.8 Å². The molecule has 0 spiro atoms. The zero-order valence-electron chi connectivity index (χ0n) is 10.7. The molecule has 94 valence electrons. The summed E-state index contributed by atoms with van der Waals surface area (Å²) in [6.07, 6.45) is 6.12. The fourth-order valence-electron chi connectivity index (χ4n) is 3.06. The number of rotatable bonds is 2. The van der Waals surface area contributed by atoms with Crippen molar-refractivity contribution in [2.24, 2.45) is 11.8 Å². The van der Waals surface area contributed by atoms with Crippen LogP contribution in [0.2, 0.25) is 0 Å². The molecule has 0 aliphatic heterocycles. The molecule has 1 aliphatic carbocycles. The molecule has 0 amide bonds. The fraction of sp³-hybridized carbons (Fsp3) is 0.438. The van der Waals surface area contributed by atoms with Crippen LogP contribution in [0.5, 0.6) is 0 Å². The van der Waals surface area contributed by atoms with Gasteiger partial charge in [0.05, 0.1) is 5.56 Å². The predicted molar refractivity (Wildman–Crippen MR) is 71.7 cm³/mol. The molecule has 0 saturated heterocycles. The maximum Gasteiger partial charge on any atom is 0.169 e. The summed E-state index contributed by atoms with van der Waals surface area (Å²) in [5.74, 6) is 1.13. The molecule has 2 atom stereocenters. The van der Waals surface area contributed by atoms with E-state index in [1.807, 2.05) is 24.3 Å². The van der Waals surface area contributed by atoms with Crippen LogP contribution in [0.3, 0.4) is 0 Å². The molecule has 2 nitrogen and oxygen atoms in total. The van der Waals surface area contributed by atoms with Gasteiger partial charge >= 0.3 is 0 Å². The Bertz CT molecular complexity index is 567. The zero-order valence-corrected chi connectivity index (χ0v) is 10.7. The Morgan fingerprint density at radius 3 is 2.94 bits per heavy atom. The molecule has 1 aromatic heterocycles. The molecule has 1 aliphatic rings. The van der Waals surface area contributed by atoms with Crippen molar-refractivity contribution in [3.8, 4) is 0 Å². The van der Waals surface area contributed by atoms with Gasteiger partial charge in [-0.15, -0.1) is 0 Å². The SMILES string of the molecule is CC1CCCC(C(=O)c2coc3ccccc23)C1. The highest BCUT2D eigenvalue weighted by Crippen LogP contribution is 2.33. The van der Waals surface area contributed by atoms with Crippen LogP contribution < -0.4 is 0 Å². The summed E-state index contributed by atoms with van der Waals surface area (Å²) < 4.78 is 5.47. The van der Waals surface area contributed by atoms with E-state index in [2.05, 4.69) is 6.92 Å². The molecule has 0 N–H and O–H groups in total. The van der Waals surface area contributed by atoms with Gasteiger partial charge in [0.25, 0.3) is 0 Å². The monoisotopic (exact) mass is 242 g/mol. The highest BCUT2D eigenvalue weighted by molar-refractivity contribution is 6.08. The van der Waals surface area contributed by atoms with Crippen molar-refractivity contribution in [2.75, 3.05) is 0 Å². The molecule has 3 rings (SSSR count). The van der Waals surface area contributed by atoms with Crippen LogP contribution in [-0.2, 0) is 0 Å². The third-order valence-electron chi connectivity index (χ3n) is 4.05. The van der Waals surface area contributed by atoms with E-state index in [4.69, 9.17) is 4.42 Å². The van der Waals surface area contributed by atoms with E-state index in [9.17, 15) is 4.79 Å². The molecular formula is C16H18O2. The van der Waals surface area contributed by atoms with Crippen molar-refractivity contribution in [3.63, 3.8) is 0 Å². The van der Waals surface area contributed by atoms with Gasteiger partial charge in [-0.25, -0.2) is 0 Å². The second-order valence-electron chi connectivity index (χ2n) is 5.48. The smallest absolute Gasteiger partial charge is 0.169 e. The average Bonchev–Trinajstić information content (AvgIpc) is 2.82. The summed E-state index contributed by atoms with van der Waals surface area (Å²) in [4.78, 5) is 12.6. The normalized spacial score (nSPS) is 24.3. The van der Waals surface area contributed by atoms with Crippen molar-refractivity contribution < 1.29 is 9.21 Å². The largest absolute Gasteiger partial charge is 0.464 e. The Hall–Kier alpha value is -1.57. The van der Waals surface area contributed by atoms with Crippen molar-refractivity contribution in [1.82, 2.24) is 0 Å². The van der Waals surface area contributed by atoms with E-state index >= 15 is 0 Å². The van der Waals surface area contributed by atoms with Crippen molar-refractivity contribution >= 4 is 16.8 Å². The van der Waals surface area contributed by atoms with E-state index in [-0.39, 0.29) is 11.7 Å². The lowest BCUT2D eigenvalue weighted by molar-refractivity contribution is 0.0869. The molecule has 1 aromatic carbocycles. The van der Waals surface area contributed by atoms with Crippen molar-refractivity contribution in [2.45, 2.75) is 32.6 Å². The topological polar surface area (TPSA) is 30.2 Å². The average molecular weight is 242 g/mol. The first-order valence-electron chi connectivity index (χ1n) is 6.76. The third kappa shape index (κ3) is 1.96. The third-order valence-corrected chi connectivity index (χ3v) is 4.05. The van der Waals surface area contributed by atoms with Crippen LogP contribution in [-0.4, -0.2) is 5.78 Å². The quantitative estimate of drug-likeness (QED) is 0.729. The van der Waals surface area contributed by atoms with E-state index in [1.165, 1.54) is 12.8 Å². The van der Waals surface area contributed by atoms with Crippen LogP contribution >= 0.6 is 0 Å². The summed E-state index contributed by atoms with van der Waals surface area (Å²) in [5, 5.41) is 0.959. The second kappa shape index (κ2) is 4.60. The lowest BCUT2D eigenvalue weighted by atomic mass is 9.79. The Kier molecular flexibility index (Phi) is 2.94. The van der Waals surface area contributed by atoms with Crippen LogP contribution in [0.1, 0.15) is 43.0 Å². The van der Waals surface area contributed by atoms with E-state index in [1.54, 1.807) is 6.26 Å². The minimum atomic E-state index is 0.190. The zero-order chi connectivity index (χ0) is 12.5. The molecule has 2 aromatic rings. The second-order valence-corrected chi connectivity index (χ2v) is 5.48. The molecule has 1 saturated carbocycles. The van der Waals surface area contributed by atoms with Gasteiger partial charge in [0.15, 0.2) is 5.78 Å². The summed E-state index contributed by atoms with van der Waals surface area (Å²) in [6.45, 7) is 2.24. The summed E-state index contributed by atoms with van der Waals surface area (Å²) in [6, 6.07) is 7.77. The van der Waals surface area contributed by atoms with Gasteiger partial charge in [-0.3, -0.25) is 4.79 Å². The summed E-state index contributed by atoms with van der Waals surface area (Å²) in [7, 11) is 0. The van der Waals surface area contributed by atoms with Gasteiger partial charge in [0.1, 0.15) is 11.8 Å². The van der Waals surface area contributed by atoms with E-state index in [0.29, 0.717) is 5.92 Å². The lowest BCUT2D eigenvalue weighted by Gasteiger charge is -2.25. The van der Waals surface area contributed by atoms with E-state index < -0.39 is 0 Å². The molecule has 18 heavy (non-hydrogen) atoms. The number of hydrogen-bond acceptors (Lipinski definition) is 2. The van der Waals surface area contributed by atoms with Gasteiger partial charge in [0, 0.05) is 11.3 Å². The van der Waals surface area contributed by atoms with Gasteiger partial charge in [-0.1, -0.05) is 38.0 Å². The van der Waals surface area contributed by atoms with Gasteiger partial charge < -0.3 is 4.42 Å². The number of benzene rings is 1. The Morgan fingerprint density at radius 2 is 2.11 bits per heavy atom. The van der Waals surface area contributed by atoms with Crippen LogP contribution in [0.25, 0.3) is 11.0 Å². The number of ketones is 1. The van der Waals surface area contributed by atoms with Crippen LogP contribution in [0.15, 0.2) is 34.9 Å². The summed E-state index contributed by atoms with van der Waals surface area (Å²) >= 11 is 0. The minimum absolute atomic E-state index is 0.190. The standard InChI is InChI=1S/C16H18O2/c1-11-5-4-6-12(9-11)16(17)14-10-18-15-8-3-2-7-13(14)15/h2-3,7-8,10-12H,4-6,9H2,1H3. The number of para-hydroxylation sites is 1. The Balaban J connectivity index is 1.92. The number of carbonyl (C=O) groups is 1. The molecule has 2 unspecified atom stereocenters. The molecule has 1 fully saturated rings. The molecule has 2 heteroatoms. The van der Waals surface area contributed by atoms with Gasteiger partial charge in [0.2, 0.25) is 0 Å². The molecule has 0 bridgehead atoms. The Labute approximate surface area is 107 Å². The van der Waals surface area contributed by atoms with Gasteiger partial charge in [-0.2, -0.15) is 0 Å². The Morgan fingerprint density at radius 1 is 1.28 bits per heavy atom. The molecular weight excluding hydrogens is 224 g/mol. The fourth-order valence-corrected chi connectivity index (χ4v) is 3.06. The van der Waals surface area contributed by atoms with Crippen LogP contribution in [0.4, 0.5) is 0 Å². The summed E-state index contributed by atoms with van der Waals surface area (Å²) in [5.41, 5.74) is 1.58. The number of hydrogen-bond donors (Lipinski definition) is 0. The lowest BCUT2D eigenvalue weighted by Crippen LogP contribution is -2.21. The number of fused-ring (bicyclic) bond motifs is 1. The van der Waals surface area contributed by atoms with Crippen molar-refractivity contribution in [1.29, 1.82) is 0 Å². The number of Topliss-reactive ketones (excluding diaryl/α,β-unsaturated/α-hetero) is 1. The van der Waals surface area contributed by atoms with Crippen LogP contribution in [0, 0.1) is 11.8 Å². The van der Waals surface area contributed by atoms with Crippen molar-refractivity contribution in [3.05, 3.63) is 36.1 Å². The predicted octanol–water partition coefficient (Wildman–Crippen LogP) is 4.44. The highest BCUT2D eigenvalue weighted by atomic mass is 16.3. The maximum atomic E-state index is 12.6. The number of furan rings is 1. The first-order valence-corrected chi connectivity index (χ1v) is 6.76. The molecule has 0 radical (unpaired) electrons. The maximum absolute atomic E-state index is 12.6. The highest BCUT2D eigenvalue weighted by Gasteiger charge is 2.27. The first kappa shape index (κ1) is 11.5. The van der Waals surface area contributed by atoms with E-state index in [0.717, 1.165) is 29.4 Å². The molecule has 1 heterocycles. The first-order chi connectivity index (χ1) is 8.75.